The summed E-state index contributed by atoms with van der Waals surface area (Å²) in [5, 5.41) is 20.6. The monoisotopic (exact) mass is 385 g/mol. The van der Waals surface area contributed by atoms with Crippen molar-refractivity contribution in [3.63, 3.8) is 0 Å². The summed E-state index contributed by atoms with van der Waals surface area (Å²) in [6, 6.07) is 8.35. The van der Waals surface area contributed by atoms with E-state index < -0.39 is 16.8 Å². The van der Waals surface area contributed by atoms with Gasteiger partial charge in [0.1, 0.15) is 11.4 Å². The van der Waals surface area contributed by atoms with Gasteiger partial charge < -0.3 is 21.1 Å². The van der Waals surface area contributed by atoms with Crippen molar-refractivity contribution >= 4 is 34.3 Å². The van der Waals surface area contributed by atoms with Gasteiger partial charge in [-0.25, -0.2) is 0 Å². The molecule has 1 amide bonds. The van der Waals surface area contributed by atoms with E-state index in [2.05, 4.69) is 16.0 Å². The molecule has 27 heavy (non-hydrogen) atoms. The Labute approximate surface area is 159 Å². The van der Waals surface area contributed by atoms with Crippen LogP contribution in [-0.2, 0) is 0 Å². The highest BCUT2D eigenvalue weighted by Crippen LogP contribution is 2.33. The van der Waals surface area contributed by atoms with E-state index in [1.807, 2.05) is 24.4 Å². The number of aromatic hydroxyl groups is 1. The molecule has 0 saturated carbocycles. The molecule has 0 aliphatic rings. The zero-order valence-electron chi connectivity index (χ0n) is 14.8. The highest BCUT2D eigenvalue weighted by atomic mass is 32.1. The molecule has 4 N–H and O–H groups in total. The fourth-order valence-electron chi connectivity index (χ4n) is 2.78. The van der Waals surface area contributed by atoms with Crippen LogP contribution in [0.2, 0.25) is 0 Å². The number of anilines is 3. The van der Waals surface area contributed by atoms with E-state index in [1.54, 1.807) is 17.4 Å². The summed E-state index contributed by atoms with van der Waals surface area (Å²) < 4.78 is 0. The lowest BCUT2D eigenvalue weighted by Gasteiger charge is -2.21. The van der Waals surface area contributed by atoms with Crippen LogP contribution in [0.3, 0.4) is 0 Å². The van der Waals surface area contributed by atoms with E-state index in [0.717, 1.165) is 11.3 Å². The third-order valence-corrected chi connectivity index (χ3v) is 5.28. The average Bonchev–Trinajstić information content (AvgIpc) is 3.22. The molecule has 1 aromatic heterocycles. The molecule has 7 nitrogen and oxygen atoms in total. The minimum Gasteiger partial charge on any atom is -0.505 e. The second kappa shape index (κ2) is 7.63. The Kier molecular flexibility index (Phi) is 5.27. The highest BCUT2D eigenvalue weighted by Gasteiger charge is 2.25. The Balaban J connectivity index is 1.90. The van der Waals surface area contributed by atoms with Crippen molar-refractivity contribution in [3.05, 3.63) is 66.6 Å². The van der Waals surface area contributed by atoms with Crippen LogP contribution in [-0.4, -0.2) is 18.1 Å². The predicted molar refractivity (Wildman–Crippen MR) is 107 cm³/mol. The number of carbonyl (C=O) groups excluding carboxylic acids is 1. The predicted octanol–water partition coefficient (Wildman–Crippen LogP) is 2.72. The quantitative estimate of drug-likeness (QED) is 0.368. The third kappa shape index (κ3) is 3.43. The fourth-order valence-corrected chi connectivity index (χ4v) is 3.64. The third-order valence-electron chi connectivity index (χ3n) is 4.29. The maximum absolute atomic E-state index is 12.1. The number of amides is 1. The molecule has 1 heterocycles. The van der Waals surface area contributed by atoms with Crippen molar-refractivity contribution in [1.82, 2.24) is 5.32 Å². The number of nitrogens with one attached hydrogen (secondary N) is 3. The van der Waals surface area contributed by atoms with Crippen LogP contribution in [0.5, 0.6) is 5.75 Å². The molecule has 0 radical (unpaired) electrons. The Hall–Kier alpha value is -3.13. The summed E-state index contributed by atoms with van der Waals surface area (Å²) in [4.78, 5) is 37.0. The Morgan fingerprint density at radius 2 is 1.89 bits per heavy atom. The summed E-state index contributed by atoms with van der Waals surface area (Å²) in [5.41, 5.74) is -0.752. The van der Waals surface area contributed by atoms with Crippen LogP contribution in [0.1, 0.15) is 34.6 Å². The van der Waals surface area contributed by atoms with Gasteiger partial charge in [-0.15, -0.1) is 11.3 Å². The standard InChI is InChI=1S/C19H19N3O4S/c1-3-11(13-8-5-9-27-13)21-14-15(18(25)17(14)24)22-12-7-4-6-10(16(12)23)19(26)20-2/h4-9,11,21-23H,3H2,1-2H3,(H,20,26). The lowest BCUT2D eigenvalue weighted by Crippen LogP contribution is -2.37. The van der Waals surface area contributed by atoms with Crippen LogP contribution in [0.25, 0.3) is 0 Å². The molecule has 140 valence electrons. The van der Waals surface area contributed by atoms with Crippen molar-refractivity contribution in [1.29, 1.82) is 0 Å². The van der Waals surface area contributed by atoms with Crippen LogP contribution in [0.4, 0.5) is 17.1 Å². The van der Waals surface area contributed by atoms with Gasteiger partial charge in [0, 0.05) is 11.9 Å². The molecule has 3 aromatic rings. The van der Waals surface area contributed by atoms with Gasteiger partial charge in [0.15, 0.2) is 5.75 Å². The fraction of sp³-hybridized carbons (Fsp3) is 0.211. The number of hydrogen-bond donors (Lipinski definition) is 4. The first kappa shape index (κ1) is 18.7. The minimum absolute atomic E-state index is 0.0701. The molecule has 1 unspecified atom stereocenters. The molecule has 0 aliphatic heterocycles. The van der Waals surface area contributed by atoms with E-state index in [0.29, 0.717) is 0 Å². The van der Waals surface area contributed by atoms with E-state index >= 15 is 0 Å². The summed E-state index contributed by atoms with van der Waals surface area (Å²) in [6.07, 6.45) is 0.732. The van der Waals surface area contributed by atoms with Crippen molar-refractivity contribution in [2.75, 3.05) is 17.7 Å². The molecule has 3 rings (SSSR count). The van der Waals surface area contributed by atoms with Gasteiger partial charge in [0.2, 0.25) is 0 Å². The number of carbonyl (C=O) groups is 1. The summed E-state index contributed by atoms with van der Waals surface area (Å²) >= 11 is 1.56. The molecule has 0 saturated heterocycles. The molecule has 0 aliphatic carbocycles. The lowest BCUT2D eigenvalue weighted by atomic mass is 10.1. The van der Waals surface area contributed by atoms with Gasteiger partial charge in [-0.3, -0.25) is 14.4 Å². The van der Waals surface area contributed by atoms with Crippen molar-refractivity contribution in [3.8, 4) is 5.75 Å². The van der Waals surface area contributed by atoms with Crippen LogP contribution < -0.4 is 26.8 Å². The Bertz CT molecular complexity index is 1040. The SMILES string of the molecule is CCC(Nc1c(Nc2cccc(C(=O)NC)c2O)c(=O)c1=O)c1cccs1. The van der Waals surface area contributed by atoms with E-state index in [-0.39, 0.29) is 34.4 Å². The summed E-state index contributed by atoms with van der Waals surface area (Å²) in [6.45, 7) is 1.98. The van der Waals surface area contributed by atoms with E-state index in [1.165, 1.54) is 19.2 Å². The lowest BCUT2D eigenvalue weighted by molar-refractivity contribution is 0.0960. The number of thiophene rings is 1. The van der Waals surface area contributed by atoms with Crippen LogP contribution in [0, 0.1) is 0 Å². The molecular formula is C19H19N3O4S. The molecule has 0 spiro atoms. The second-order valence-electron chi connectivity index (χ2n) is 5.93. The Morgan fingerprint density at radius 1 is 1.15 bits per heavy atom. The highest BCUT2D eigenvalue weighted by molar-refractivity contribution is 7.10. The summed E-state index contributed by atoms with van der Waals surface area (Å²) in [7, 11) is 1.45. The normalized spacial score (nSPS) is 11.9. The number of para-hydroxylation sites is 1. The van der Waals surface area contributed by atoms with Crippen LogP contribution in [0.15, 0.2) is 45.3 Å². The number of phenolic OH excluding ortho intramolecular Hbond substituents is 1. The van der Waals surface area contributed by atoms with Gasteiger partial charge in [0.05, 0.1) is 17.3 Å². The largest absolute Gasteiger partial charge is 0.505 e. The molecule has 0 fully saturated rings. The zero-order valence-corrected chi connectivity index (χ0v) is 15.6. The average molecular weight is 385 g/mol. The van der Waals surface area contributed by atoms with Crippen molar-refractivity contribution in [2.45, 2.75) is 19.4 Å². The topological polar surface area (TPSA) is 108 Å². The van der Waals surface area contributed by atoms with Gasteiger partial charge in [-0.05, 0) is 30.0 Å². The zero-order chi connectivity index (χ0) is 19.6. The first-order valence-corrected chi connectivity index (χ1v) is 9.30. The van der Waals surface area contributed by atoms with Crippen LogP contribution >= 0.6 is 11.3 Å². The van der Waals surface area contributed by atoms with Gasteiger partial charge in [-0.1, -0.05) is 19.1 Å². The molecular weight excluding hydrogens is 366 g/mol. The minimum atomic E-state index is -0.664. The first-order valence-electron chi connectivity index (χ1n) is 8.42. The van der Waals surface area contributed by atoms with E-state index in [4.69, 9.17) is 0 Å². The number of phenols is 1. The smallest absolute Gasteiger partial charge is 0.254 e. The maximum atomic E-state index is 12.1. The molecule has 2 aromatic carbocycles. The van der Waals surface area contributed by atoms with Crippen molar-refractivity contribution in [2.24, 2.45) is 0 Å². The molecule has 0 bridgehead atoms. The molecule has 8 heteroatoms. The first-order chi connectivity index (χ1) is 13.0. The van der Waals surface area contributed by atoms with Gasteiger partial charge in [-0.2, -0.15) is 0 Å². The number of benzene rings is 1. The van der Waals surface area contributed by atoms with E-state index in [9.17, 15) is 19.5 Å². The van der Waals surface area contributed by atoms with Crippen molar-refractivity contribution < 1.29 is 9.90 Å². The number of hydrogen-bond acceptors (Lipinski definition) is 7. The summed E-state index contributed by atoms with van der Waals surface area (Å²) in [5.74, 6) is -0.746. The maximum Gasteiger partial charge on any atom is 0.254 e. The molecule has 1 atom stereocenters. The Morgan fingerprint density at radius 3 is 2.52 bits per heavy atom. The van der Waals surface area contributed by atoms with Gasteiger partial charge >= 0.3 is 0 Å². The second-order valence-corrected chi connectivity index (χ2v) is 6.91. The van der Waals surface area contributed by atoms with Gasteiger partial charge in [0.25, 0.3) is 16.8 Å². The number of rotatable bonds is 7.